The number of sulfonamides is 1. The fraction of sp³-hybridized carbons (Fsp3) is 0.474. The van der Waals surface area contributed by atoms with Crippen molar-refractivity contribution in [3.8, 4) is 0 Å². The molecule has 1 N–H and O–H groups in total. The SMILES string of the molecule is CCN1CCc2nc(NC(=O)c3cc(S(=O)(=O)N(C)C(C)C)ccc3F)sc2C1. The Morgan fingerprint density at radius 1 is 1.41 bits per heavy atom. The molecule has 1 aromatic carbocycles. The number of rotatable bonds is 6. The molecular weight excluding hydrogens is 415 g/mol. The van der Waals surface area contributed by atoms with Gasteiger partial charge in [0.2, 0.25) is 10.0 Å². The van der Waals surface area contributed by atoms with Crippen LogP contribution < -0.4 is 5.32 Å². The van der Waals surface area contributed by atoms with E-state index in [0.29, 0.717) is 5.13 Å². The van der Waals surface area contributed by atoms with Gasteiger partial charge in [0.1, 0.15) is 5.82 Å². The Hall–Kier alpha value is -1.88. The van der Waals surface area contributed by atoms with E-state index in [0.717, 1.165) is 48.8 Å². The van der Waals surface area contributed by atoms with Crippen LogP contribution in [0, 0.1) is 5.82 Å². The minimum atomic E-state index is -3.83. The van der Waals surface area contributed by atoms with E-state index in [4.69, 9.17) is 0 Å². The summed E-state index contributed by atoms with van der Waals surface area (Å²) < 4.78 is 40.8. The predicted molar refractivity (Wildman–Crippen MR) is 111 cm³/mol. The molecule has 0 aliphatic carbocycles. The summed E-state index contributed by atoms with van der Waals surface area (Å²) in [5.41, 5.74) is 0.622. The summed E-state index contributed by atoms with van der Waals surface area (Å²) in [6, 6.07) is 2.97. The summed E-state index contributed by atoms with van der Waals surface area (Å²) in [5, 5.41) is 3.01. The van der Waals surface area contributed by atoms with Crippen LogP contribution in [0.15, 0.2) is 23.1 Å². The molecule has 1 aliphatic rings. The van der Waals surface area contributed by atoms with Crippen LogP contribution in [-0.2, 0) is 23.0 Å². The largest absolute Gasteiger partial charge is 0.298 e. The van der Waals surface area contributed by atoms with E-state index in [-0.39, 0.29) is 16.5 Å². The number of amides is 1. The number of carbonyl (C=O) groups is 1. The molecule has 29 heavy (non-hydrogen) atoms. The second-order valence-electron chi connectivity index (χ2n) is 7.22. The lowest BCUT2D eigenvalue weighted by Crippen LogP contribution is -2.33. The molecule has 158 valence electrons. The molecule has 0 bridgehead atoms. The second kappa shape index (κ2) is 8.47. The molecule has 2 heterocycles. The van der Waals surface area contributed by atoms with Crippen molar-refractivity contribution in [3.63, 3.8) is 0 Å². The molecule has 1 amide bonds. The molecule has 0 radical (unpaired) electrons. The van der Waals surface area contributed by atoms with Gasteiger partial charge in [-0.15, -0.1) is 11.3 Å². The lowest BCUT2D eigenvalue weighted by molar-refractivity contribution is 0.102. The number of nitrogens with one attached hydrogen (secondary N) is 1. The average molecular weight is 441 g/mol. The van der Waals surface area contributed by atoms with Crippen LogP contribution in [0.4, 0.5) is 9.52 Å². The highest BCUT2D eigenvalue weighted by Crippen LogP contribution is 2.29. The monoisotopic (exact) mass is 440 g/mol. The maximum absolute atomic E-state index is 14.3. The topological polar surface area (TPSA) is 82.6 Å². The van der Waals surface area contributed by atoms with E-state index in [1.54, 1.807) is 13.8 Å². The van der Waals surface area contributed by atoms with Crippen molar-refractivity contribution >= 4 is 32.4 Å². The van der Waals surface area contributed by atoms with Crippen LogP contribution >= 0.6 is 11.3 Å². The minimum absolute atomic E-state index is 0.128. The van der Waals surface area contributed by atoms with Gasteiger partial charge in [-0.1, -0.05) is 6.92 Å². The maximum atomic E-state index is 14.3. The third kappa shape index (κ3) is 4.50. The quantitative estimate of drug-likeness (QED) is 0.747. The molecule has 0 spiro atoms. The van der Waals surface area contributed by atoms with Crippen LogP contribution in [0.2, 0.25) is 0 Å². The molecule has 1 aromatic heterocycles. The molecule has 0 saturated carbocycles. The number of hydrogen-bond acceptors (Lipinski definition) is 6. The summed E-state index contributed by atoms with van der Waals surface area (Å²) in [4.78, 5) is 20.3. The highest BCUT2D eigenvalue weighted by molar-refractivity contribution is 7.89. The first kappa shape index (κ1) is 21.8. The van der Waals surface area contributed by atoms with Gasteiger partial charge < -0.3 is 0 Å². The van der Waals surface area contributed by atoms with Gasteiger partial charge in [-0.3, -0.25) is 15.0 Å². The van der Waals surface area contributed by atoms with Gasteiger partial charge in [0.25, 0.3) is 5.91 Å². The van der Waals surface area contributed by atoms with Crippen molar-refractivity contribution in [1.82, 2.24) is 14.2 Å². The van der Waals surface area contributed by atoms with Gasteiger partial charge in [0, 0.05) is 37.5 Å². The Bertz CT molecular complexity index is 1020. The second-order valence-corrected chi connectivity index (χ2v) is 10.3. The highest BCUT2D eigenvalue weighted by atomic mass is 32.2. The first-order chi connectivity index (χ1) is 13.6. The number of anilines is 1. The summed E-state index contributed by atoms with van der Waals surface area (Å²) in [7, 11) is -2.38. The van der Waals surface area contributed by atoms with E-state index in [9.17, 15) is 17.6 Å². The first-order valence-electron chi connectivity index (χ1n) is 9.43. The van der Waals surface area contributed by atoms with E-state index < -0.39 is 21.7 Å². The van der Waals surface area contributed by atoms with Crippen LogP contribution in [-0.4, -0.2) is 54.7 Å². The zero-order chi connectivity index (χ0) is 21.3. The molecule has 3 rings (SSSR count). The Labute approximate surface area is 174 Å². The number of aromatic nitrogens is 1. The Balaban J connectivity index is 1.84. The number of nitrogens with zero attached hydrogens (tertiary/aromatic N) is 3. The Morgan fingerprint density at radius 2 is 2.14 bits per heavy atom. The molecule has 0 fully saturated rings. The van der Waals surface area contributed by atoms with Crippen LogP contribution in [0.5, 0.6) is 0 Å². The molecule has 7 nitrogen and oxygen atoms in total. The first-order valence-corrected chi connectivity index (χ1v) is 11.7. The Kier molecular flexibility index (Phi) is 6.37. The summed E-state index contributed by atoms with van der Waals surface area (Å²) in [5.74, 6) is -1.50. The van der Waals surface area contributed by atoms with E-state index >= 15 is 0 Å². The van der Waals surface area contributed by atoms with Crippen LogP contribution in [0.3, 0.4) is 0 Å². The summed E-state index contributed by atoms with van der Waals surface area (Å²) in [6.45, 7) is 8.20. The normalized spacial score (nSPS) is 15.0. The summed E-state index contributed by atoms with van der Waals surface area (Å²) >= 11 is 1.37. The van der Waals surface area contributed by atoms with E-state index in [1.165, 1.54) is 28.8 Å². The van der Waals surface area contributed by atoms with Crippen LogP contribution in [0.1, 0.15) is 41.7 Å². The van der Waals surface area contributed by atoms with E-state index in [1.807, 2.05) is 0 Å². The van der Waals surface area contributed by atoms with Crippen molar-refractivity contribution in [3.05, 3.63) is 40.2 Å². The molecule has 0 atom stereocenters. The van der Waals surface area contributed by atoms with Gasteiger partial charge in [-0.2, -0.15) is 4.31 Å². The minimum Gasteiger partial charge on any atom is -0.298 e. The highest BCUT2D eigenvalue weighted by Gasteiger charge is 2.26. The third-order valence-corrected chi connectivity index (χ3v) is 8.09. The van der Waals surface area contributed by atoms with E-state index in [2.05, 4.69) is 22.1 Å². The number of halogens is 1. The maximum Gasteiger partial charge on any atom is 0.260 e. The van der Waals surface area contributed by atoms with Crippen LogP contribution in [0.25, 0.3) is 0 Å². The number of thiazole rings is 1. The molecule has 0 saturated heterocycles. The third-order valence-electron chi connectivity index (χ3n) is 5.06. The van der Waals surface area contributed by atoms with Crippen molar-refractivity contribution in [2.45, 2.75) is 44.7 Å². The van der Waals surface area contributed by atoms with Crippen molar-refractivity contribution in [2.75, 3.05) is 25.5 Å². The number of hydrogen-bond donors (Lipinski definition) is 1. The number of benzene rings is 1. The zero-order valence-corrected chi connectivity index (χ0v) is 18.5. The fourth-order valence-electron chi connectivity index (χ4n) is 3.02. The van der Waals surface area contributed by atoms with Crippen molar-refractivity contribution in [1.29, 1.82) is 0 Å². The van der Waals surface area contributed by atoms with Gasteiger partial charge in [0.15, 0.2) is 5.13 Å². The van der Waals surface area contributed by atoms with Gasteiger partial charge in [-0.05, 0) is 38.6 Å². The van der Waals surface area contributed by atoms with Crippen molar-refractivity contribution < 1.29 is 17.6 Å². The summed E-state index contributed by atoms with van der Waals surface area (Å²) in [6.07, 6.45) is 0.805. The number of fused-ring (bicyclic) bond motifs is 1. The average Bonchev–Trinajstić information content (AvgIpc) is 3.08. The van der Waals surface area contributed by atoms with Crippen molar-refractivity contribution in [2.24, 2.45) is 0 Å². The van der Waals surface area contributed by atoms with Gasteiger partial charge >= 0.3 is 0 Å². The molecule has 1 aliphatic heterocycles. The smallest absolute Gasteiger partial charge is 0.260 e. The molecular formula is C19H25FN4O3S2. The standard InChI is InChI=1S/C19H25FN4O3S2/c1-5-24-9-8-16-17(11-24)28-19(21-16)22-18(25)14-10-13(6-7-15(14)20)29(26,27)23(4)12(2)3/h6-7,10,12H,5,8-9,11H2,1-4H3,(H,21,22,25). The lowest BCUT2D eigenvalue weighted by Gasteiger charge is -2.23. The van der Waals surface area contributed by atoms with Gasteiger partial charge in [-0.25, -0.2) is 17.8 Å². The van der Waals surface area contributed by atoms with Gasteiger partial charge in [0.05, 0.1) is 16.2 Å². The zero-order valence-electron chi connectivity index (χ0n) is 16.9. The predicted octanol–water partition coefficient (Wildman–Crippen LogP) is 2.94. The number of likely N-dealkylation sites (N-methyl/N-ethyl adjacent to an activating group) is 1. The molecule has 2 aromatic rings. The lowest BCUT2D eigenvalue weighted by atomic mass is 10.2. The molecule has 0 unspecified atom stereocenters. The molecule has 10 heteroatoms. The Morgan fingerprint density at radius 3 is 2.79 bits per heavy atom. The number of carbonyl (C=O) groups excluding carboxylic acids is 1. The fourth-order valence-corrected chi connectivity index (χ4v) is 5.46.